The quantitative estimate of drug-likeness (QED) is 0.287. The highest BCUT2D eigenvalue weighted by atomic mass is 127. The summed E-state index contributed by atoms with van der Waals surface area (Å²) in [4.78, 5) is 7.13. The second kappa shape index (κ2) is 12.8. The fourth-order valence-electron chi connectivity index (χ4n) is 3.61. The molecule has 0 aromatic heterocycles. The molecule has 2 N–H and O–H groups in total. The molecule has 0 atom stereocenters. The molecule has 0 saturated carbocycles. The number of morpholine rings is 1. The summed E-state index contributed by atoms with van der Waals surface area (Å²) < 4.78 is 30.8. The molecule has 1 aromatic carbocycles. The minimum absolute atomic E-state index is 0. The van der Waals surface area contributed by atoms with Crippen molar-refractivity contribution < 1.29 is 13.2 Å². The molecule has 2 saturated heterocycles. The summed E-state index contributed by atoms with van der Waals surface area (Å²) in [5.41, 5.74) is 2.50. The third-order valence-corrected chi connectivity index (χ3v) is 7.18. The van der Waals surface area contributed by atoms with Gasteiger partial charge in [-0.1, -0.05) is 24.3 Å². The summed E-state index contributed by atoms with van der Waals surface area (Å²) in [6.07, 6.45) is 0.719. The lowest BCUT2D eigenvalue weighted by Crippen LogP contribution is -2.42. The summed E-state index contributed by atoms with van der Waals surface area (Å²) >= 11 is 0. The number of hydrogen-bond acceptors (Lipinski definition) is 5. The van der Waals surface area contributed by atoms with Crippen LogP contribution in [0.15, 0.2) is 29.3 Å². The number of aliphatic imine (C=N–C) groups is 1. The van der Waals surface area contributed by atoms with Crippen LogP contribution in [0.25, 0.3) is 0 Å². The highest BCUT2D eigenvalue weighted by Gasteiger charge is 2.27. The monoisotopic (exact) mass is 551 g/mol. The molecule has 3 rings (SSSR count). The SMILES string of the molecule is CCNC(=NCc1ccccc1CN1CCOCC1)NCCN1CCCS1(=O)=O.I. The van der Waals surface area contributed by atoms with Gasteiger partial charge in [0.15, 0.2) is 5.96 Å². The van der Waals surface area contributed by atoms with E-state index in [1.54, 1.807) is 4.31 Å². The van der Waals surface area contributed by atoms with Gasteiger partial charge in [0.05, 0.1) is 25.5 Å². The number of sulfonamides is 1. The number of nitrogens with zero attached hydrogens (tertiary/aromatic N) is 3. The minimum Gasteiger partial charge on any atom is -0.379 e. The molecular weight excluding hydrogens is 517 g/mol. The first-order valence-electron chi connectivity index (χ1n) is 10.5. The maximum absolute atomic E-state index is 11.9. The van der Waals surface area contributed by atoms with Gasteiger partial charge in [0, 0.05) is 45.8 Å². The minimum atomic E-state index is -3.05. The molecule has 0 unspecified atom stereocenters. The first-order chi connectivity index (χ1) is 14.1. The van der Waals surface area contributed by atoms with Crippen molar-refractivity contribution in [1.82, 2.24) is 19.8 Å². The highest BCUT2D eigenvalue weighted by Crippen LogP contribution is 2.14. The number of rotatable bonds is 8. The maximum atomic E-state index is 11.9. The molecular formula is C20H34IN5O3S. The van der Waals surface area contributed by atoms with Gasteiger partial charge >= 0.3 is 0 Å². The van der Waals surface area contributed by atoms with Crippen LogP contribution in [0.1, 0.15) is 24.5 Å². The molecule has 30 heavy (non-hydrogen) atoms. The Morgan fingerprint density at radius 2 is 1.87 bits per heavy atom. The molecule has 0 aliphatic carbocycles. The van der Waals surface area contributed by atoms with E-state index in [9.17, 15) is 8.42 Å². The standard InChI is InChI=1S/C20H33N5O3S.HI/c1-2-21-20(22-8-10-25-9-5-15-29(25,26)27)23-16-18-6-3-4-7-19(18)17-24-11-13-28-14-12-24;/h3-4,6-7H,2,5,8-17H2,1H3,(H2,21,22,23);1H. The summed E-state index contributed by atoms with van der Waals surface area (Å²) in [6, 6.07) is 8.41. The van der Waals surface area contributed by atoms with E-state index < -0.39 is 10.0 Å². The Bertz CT molecular complexity index is 784. The average Bonchev–Trinajstić information content (AvgIpc) is 3.06. The first-order valence-corrected chi connectivity index (χ1v) is 12.1. The van der Waals surface area contributed by atoms with Crippen molar-refractivity contribution in [3.05, 3.63) is 35.4 Å². The van der Waals surface area contributed by atoms with E-state index >= 15 is 0 Å². The molecule has 2 aliphatic rings. The van der Waals surface area contributed by atoms with Gasteiger partial charge in [0.1, 0.15) is 0 Å². The van der Waals surface area contributed by atoms with E-state index in [-0.39, 0.29) is 29.7 Å². The normalized spacial score (nSPS) is 20.0. The van der Waals surface area contributed by atoms with Gasteiger partial charge in [0.25, 0.3) is 0 Å². The van der Waals surface area contributed by atoms with Gasteiger partial charge in [-0.2, -0.15) is 0 Å². The van der Waals surface area contributed by atoms with Crippen LogP contribution in [0.2, 0.25) is 0 Å². The van der Waals surface area contributed by atoms with Crippen LogP contribution in [0.5, 0.6) is 0 Å². The molecule has 0 amide bonds. The predicted molar refractivity (Wildman–Crippen MR) is 131 cm³/mol. The Kier molecular flexibility index (Phi) is 10.8. The zero-order valence-corrected chi connectivity index (χ0v) is 20.8. The van der Waals surface area contributed by atoms with E-state index in [1.165, 1.54) is 11.1 Å². The van der Waals surface area contributed by atoms with Crippen molar-refractivity contribution >= 4 is 40.0 Å². The lowest BCUT2D eigenvalue weighted by atomic mass is 10.1. The molecule has 10 heteroatoms. The first kappa shape index (κ1) is 25.3. The Labute approximate surface area is 197 Å². The molecule has 2 aliphatic heterocycles. The summed E-state index contributed by atoms with van der Waals surface area (Å²) in [7, 11) is -3.05. The van der Waals surface area contributed by atoms with E-state index in [2.05, 4.69) is 33.7 Å². The summed E-state index contributed by atoms with van der Waals surface area (Å²) in [5, 5.41) is 6.51. The van der Waals surface area contributed by atoms with Crippen LogP contribution < -0.4 is 10.6 Å². The lowest BCUT2D eigenvalue weighted by Gasteiger charge is -2.27. The van der Waals surface area contributed by atoms with E-state index in [4.69, 9.17) is 9.73 Å². The Morgan fingerprint density at radius 1 is 1.13 bits per heavy atom. The van der Waals surface area contributed by atoms with Gasteiger partial charge in [-0.25, -0.2) is 17.7 Å². The Morgan fingerprint density at radius 3 is 2.53 bits per heavy atom. The van der Waals surface area contributed by atoms with Crippen LogP contribution in [-0.4, -0.2) is 81.8 Å². The van der Waals surface area contributed by atoms with Crippen molar-refractivity contribution in [1.29, 1.82) is 0 Å². The molecule has 1 aromatic rings. The maximum Gasteiger partial charge on any atom is 0.214 e. The molecule has 2 fully saturated rings. The smallest absolute Gasteiger partial charge is 0.214 e. The number of hydrogen-bond donors (Lipinski definition) is 2. The number of halogens is 1. The Balaban J connectivity index is 0.00000320. The van der Waals surface area contributed by atoms with Crippen LogP contribution in [0.3, 0.4) is 0 Å². The van der Waals surface area contributed by atoms with Gasteiger partial charge in [-0.05, 0) is 24.5 Å². The largest absolute Gasteiger partial charge is 0.379 e. The molecule has 2 heterocycles. The fourth-order valence-corrected chi connectivity index (χ4v) is 5.14. The third kappa shape index (κ3) is 7.63. The van der Waals surface area contributed by atoms with Gasteiger partial charge < -0.3 is 15.4 Å². The number of nitrogens with one attached hydrogen (secondary N) is 2. The third-order valence-electron chi connectivity index (χ3n) is 5.22. The summed E-state index contributed by atoms with van der Waals surface area (Å²) in [5.74, 6) is 0.978. The van der Waals surface area contributed by atoms with Crippen molar-refractivity contribution in [2.45, 2.75) is 26.4 Å². The molecule has 0 spiro atoms. The molecule has 8 nitrogen and oxygen atoms in total. The second-order valence-corrected chi connectivity index (χ2v) is 9.44. The second-order valence-electron chi connectivity index (χ2n) is 7.35. The highest BCUT2D eigenvalue weighted by molar-refractivity contribution is 14.0. The number of benzene rings is 1. The molecule has 170 valence electrons. The molecule has 0 radical (unpaired) electrons. The summed E-state index contributed by atoms with van der Waals surface area (Å²) in [6.45, 7) is 9.40. The topological polar surface area (TPSA) is 86.3 Å². The lowest BCUT2D eigenvalue weighted by molar-refractivity contribution is 0.0341. The van der Waals surface area contributed by atoms with Crippen LogP contribution in [0, 0.1) is 0 Å². The van der Waals surface area contributed by atoms with Crippen LogP contribution in [-0.2, 0) is 27.8 Å². The molecule has 0 bridgehead atoms. The fraction of sp³-hybridized carbons (Fsp3) is 0.650. The Hall–Kier alpha value is -0.950. The van der Waals surface area contributed by atoms with E-state index in [0.29, 0.717) is 32.1 Å². The van der Waals surface area contributed by atoms with Crippen molar-refractivity contribution in [3.63, 3.8) is 0 Å². The van der Waals surface area contributed by atoms with E-state index in [1.807, 2.05) is 13.0 Å². The van der Waals surface area contributed by atoms with Crippen molar-refractivity contribution in [2.24, 2.45) is 4.99 Å². The number of guanidine groups is 1. The van der Waals surface area contributed by atoms with Gasteiger partial charge in [-0.3, -0.25) is 4.90 Å². The van der Waals surface area contributed by atoms with Crippen molar-refractivity contribution in [2.75, 3.05) is 58.2 Å². The van der Waals surface area contributed by atoms with Gasteiger partial charge in [-0.15, -0.1) is 24.0 Å². The zero-order valence-electron chi connectivity index (χ0n) is 17.7. The number of ether oxygens (including phenoxy) is 1. The average molecular weight is 551 g/mol. The van der Waals surface area contributed by atoms with Crippen molar-refractivity contribution in [3.8, 4) is 0 Å². The van der Waals surface area contributed by atoms with Crippen LogP contribution in [0.4, 0.5) is 0 Å². The zero-order chi connectivity index (χ0) is 20.5. The van der Waals surface area contributed by atoms with E-state index in [0.717, 1.165) is 45.8 Å². The van der Waals surface area contributed by atoms with Crippen LogP contribution >= 0.6 is 24.0 Å². The van der Waals surface area contributed by atoms with Gasteiger partial charge in [0.2, 0.25) is 10.0 Å². The predicted octanol–water partition coefficient (Wildman–Crippen LogP) is 1.23.